The second-order valence-electron chi connectivity index (χ2n) is 7.08. The van der Waals surface area contributed by atoms with Gasteiger partial charge in [-0.05, 0) is 42.5 Å². The van der Waals surface area contributed by atoms with E-state index in [9.17, 15) is 4.79 Å². The van der Waals surface area contributed by atoms with Gasteiger partial charge in [0.25, 0.3) is 0 Å². The number of imidazole rings is 1. The van der Waals surface area contributed by atoms with Crippen molar-refractivity contribution < 1.29 is 14.3 Å². The summed E-state index contributed by atoms with van der Waals surface area (Å²) in [6.45, 7) is 2.07. The molecule has 1 amide bonds. The lowest BCUT2D eigenvalue weighted by molar-refractivity contribution is -0.147. The smallest absolute Gasteiger partial charge is 0.229 e. The van der Waals surface area contributed by atoms with Crippen molar-refractivity contribution in [2.24, 2.45) is 13.0 Å². The SMILES string of the molecule is COc1ccc2c(c1)CN(C(=O)[C@@H]1CCCO[C@H]1c1nccn1C)CC2. The Morgan fingerprint density at radius 2 is 2.23 bits per heavy atom. The first-order valence-corrected chi connectivity index (χ1v) is 9.21. The number of benzene rings is 1. The van der Waals surface area contributed by atoms with Gasteiger partial charge in [-0.3, -0.25) is 4.79 Å². The number of rotatable bonds is 3. The van der Waals surface area contributed by atoms with E-state index in [2.05, 4.69) is 11.1 Å². The van der Waals surface area contributed by atoms with Crippen molar-refractivity contribution in [1.82, 2.24) is 14.5 Å². The lowest BCUT2D eigenvalue weighted by atomic mass is 9.90. The van der Waals surface area contributed by atoms with E-state index in [-0.39, 0.29) is 17.9 Å². The molecule has 0 saturated carbocycles. The molecule has 6 heteroatoms. The van der Waals surface area contributed by atoms with E-state index in [1.165, 1.54) is 11.1 Å². The summed E-state index contributed by atoms with van der Waals surface area (Å²) in [5.74, 6) is 1.68. The summed E-state index contributed by atoms with van der Waals surface area (Å²) in [4.78, 5) is 19.7. The monoisotopic (exact) mass is 355 g/mol. The van der Waals surface area contributed by atoms with Gasteiger partial charge in [-0.1, -0.05) is 6.07 Å². The van der Waals surface area contributed by atoms with Crippen LogP contribution in [-0.4, -0.2) is 40.6 Å². The Morgan fingerprint density at radius 3 is 3.00 bits per heavy atom. The minimum Gasteiger partial charge on any atom is -0.497 e. The molecular weight excluding hydrogens is 330 g/mol. The quantitative estimate of drug-likeness (QED) is 0.849. The van der Waals surface area contributed by atoms with E-state index >= 15 is 0 Å². The first-order chi connectivity index (χ1) is 12.7. The van der Waals surface area contributed by atoms with Gasteiger partial charge in [0.2, 0.25) is 5.91 Å². The number of nitrogens with zero attached hydrogens (tertiary/aromatic N) is 3. The zero-order valence-electron chi connectivity index (χ0n) is 15.4. The molecule has 0 radical (unpaired) electrons. The van der Waals surface area contributed by atoms with Crippen molar-refractivity contribution in [3.8, 4) is 5.75 Å². The van der Waals surface area contributed by atoms with E-state index in [0.29, 0.717) is 13.2 Å². The highest BCUT2D eigenvalue weighted by Gasteiger charge is 2.38. The zero-order chi connectivity index (χ0) is 18.1. The molecule has 4 rings (SSSR count). The van der Waals surface area contributed by atoms with Crippen molar-refractivity contribution in [3.63, 3.8) is 0 Å². The van der Waals surface area contributed by atoms with Gasteiger partial charge in [-0.25, -0.2) is 4.98 Å². The third-order valence-electron chi connectivity index (χ3n) is 5.49. The van der Waals surface area contributed by atoms with E-state index in [0.717, 1.165) is 37.4 Å². The highest BCUT2D eigenvalue weighted by atomic mass is 16.5. The van der Waals surface area contributed by atoms with E-state index in [1.54, 1.807) is 13.3 Å². The fraction of sp³-hybridized carbons (Fsp3) is 0.500. The molecule has 1 aromatic heterocycles. The fourth-order valence-corrected chi connectivity index (χ4v) is 4.02. The van der Waals surface area contributed by atoms with Crippen LogP contribution in [0.15, 0.2) is 30.6 Å². The van der Waals surface area contributed by atoms with E-state index in [4.69, 9.17) is 9.47 Å². The van der Waals surface area contributed by atoms with Gasteiger partial charge >= 0.3 is 0 Å². The predicted molar refractivity (Wildman–Crippen MR) is 96.7 cm³/mol. The fourth-order valence-electron chi connectivity index (χ4n) is 4.02. The van der Waals surface area contributed by atoms with Gasteiger partial charge in [-0.15, -0.1) is 0 Å². The van der Waals surface area contributed by atoms with Gasteiger partial charge in [0.1, 0.15) is 17.7 Å². The number of carbonyl (C=O) groups is 1. The van der Waals surface area contributed by atoms with Crippen LogP contribution in [0.1, 0.15) is 35.9 Å². The summed E-state index contributed by atoms with van der Waals surface area (Å²) < 4.78 is 13.3. The van der Waals surface area contributed by atoms with E-state index < -0.39 is 0 Å². The average molecular weight is 355 g/mol. The van der Waals surface area contributed by atoms with Crippen LogP contribution in [0.2, 0.25) is 0 Å². The molecule has 2 aliphatic rings. The summed E-state index contributed by atoms with van der Waals surface area (Å²) in [6, 6.07) is 6.14. The minimum absolute atomic E-state index is 0.169. The summed E-state index contributed by atoms with van der Waals surface area (Å²) >= 11 is 0. The van der Waals surface area contributed by atoms with Crippen molar-refractivity contribution in [2.75, 3.05) is 20.3 Å². The van der Waals surface area contributed by atoms with Gasteiger partial charge in [0.05, 0.1) is 13.0 Å². The Hall–Kier alpha value is -2.34. The molecule has 1 fully saturated rings. The third-order valence-corrected chi connectivity index (χ3v) is 5.49. The van der Waals surface area contributed by atoms with Crippen LogP contribution >= 0.6 is 0 Å². The molecule has 3 heterocycles. The molecule has 26 heavy (non-hydrogen) atoms. The molecular formula is C20H25N3O3. The summed E-state index contributed by atoms with van der Waals surface area (Å²) in [7, 11) is 3.62. The topological polar surface area (TPSA) is 56.6 Å². The molecule has 2 aliphatic heterocycles. The Morgan fingerprint density at radius 1 is 1.35 bits per heavy atom. The van der Waals surface area contributed by atoms with Gasteiger partial charge in [0, 0.05) is 39.1 Å². The van der Waals surface area contributed by atoms with Crippen LogP contribution in [0.3, 0.4) is 0 Å². The maximum absolute atomic E-state index is 13.3. The van der Waals surface area contributed by atoms with Crippen LogP contribution in [-0.2, 0) is 29.5 Å². The standard InChI is InChI=1S/C20H25N3O3/c1-22-10-8-21-19(22)18-17(4-3-11-26-18)20(24)23-9-7-14-5-6-16(25-2)12-15(14)13-23/h5-6,8,10,12,17-18H,3-4,7,9,11,13H2,1-2H3/t17-,18-/m1/s1. The van der Waals surface area contributed by atoms with Gasteiger partial charge < -0.3 is 18.9 Å². The number of methoxy groups -OCH3 is 1. The van der Waals surface area contributed by atoms with Crippen LogP contribution in [0.5, 0.6) is 5.75 Å². The van der Waals surface area contributed by atoms with Crippen LogP contribution in [0, 0.1) is 5.92 Å². The molecule has 1 saturated heterocycles. The Balaban J connectivity index is 1.55. The van der Waals surface area contributed by atoms with Crippen LogP contribution in [0.4, 0.5) is 0 Å². The number of amides is 1. The number of fused-ring (bicyclic) bond motifs is 1. The Bertz CT molecular complexity index is 801. The number of ether oxygens (including phenoxy) is 2. The summed E-state index contributed by atoms with van der Waals surface area (Å²) in [6.07, 6.45) is 6.04. The molecule has 2 aromatic rings. The van der Waals surface area contributed by atoms with Crippen molar-refractivity contribution in [3.05, 3.63) is 47.5 Å². The molecule has 0 N–H and O–H groups in total. The maximum atomic E-state index is 13.3. The van der Waals surface area contributed by atoms with Crippen LogP contribution < -0.4 is 4.74 Å². The summed E-state index contributed by atoms with van der Waals surface area (Å²) in [5, 5.41) is 0. The predicted octanol–water partition coefficient (Wildman–Crippen LogP) is 2.48. The highest BCUT2D eigenvalue weighted by Crippen LogP contribution is 2.35. The molecule has 0 aliphatic carbocycles. The lowest BCUT2D eigenvalue weighted by Gasteiger charge is -2.36. The third kappa shape index (κ3) is 3.09. The molecule has 1 aromatic carbocycles. The Kier molecular flexibility index (Phi) is 4.68. The van der Waals surface area contributed by atoms with Crippen LogP contribution in [0.25, 0.3) is 0 Å². The van der Waals surface area contributed by atoms with Crippen molar-refractivity contribution in [1.29, 1.82) is 0 Å². The number of aryl methyl sites for hydroxylation is 1. The summed E-state index contributed by atoms with van der Waals surface area (Å²) in [5.41, 5.74) is 2.48. The second kappa shape index (κ2) is 7.11. The molecule has 138 valence electrons. The molecule has 0 unspecified atom stereocenters. The number of carbonyl (C=O) groups excluding carboxylic acids is 1. The molecule has 0 bridgehead atoms. The number of hydrogen-bond acceptors (Lipinski definition) is 4. The average Bonchev–Trinajstić information content (AvgIpc) is 3.12. The first-order valence-electron chi connectivity index (χ1n) is 9.21. The molecule has 0 spiro atoms. The second-order valence-corrected chi connectivity index (χ2v) is 7.08. The Labute approximate surface area is 153 Å². The lowest BCUT2D eigenvalue weighted by Crippen LogP contribution is -2.43. The van der Waals surface area contributed by atoms with Gasteiger partial charge in [-0.2, -0.15) is 0 Å². The first kappa shape index (κ1) is 17.1. The highest BCUT2D eigenvalue weighted by molar-refractivity contribution is 5.80. The minimum atomic E-state index is -0.261. The maximum Gasteiger partial charge on any atom is 0.229 e. The van der Waals surface area contributed by atoms with Crippen molar-refractivity contribution in [2.45, 2.75) is 31.9 Å². The molecule has 2 atom stereocenters. The largest absolute Gasteiger partial charge is 0.497 e. The zero-order valence-corrected chi connectivity index (χ0v) is 15.4. The van der Waals surface area contributed by atoms with Gasteiger partial charge in [0.15, 0.2) is 0 Å². The van der Waals surface area contributed by atoms with Crippen molar-refractivity contribution >= 4 is 5.91 Å². The number of hydrogen-bond donors (Lipinski definition) is 0. The molecule has 6 nitrogen and oxygen atoms in total. The number of aromatic nitrogens is 2. The normalized spacial score (nSPS) is 22.8. The van der Waals surface area contributed by atoms with E-state index in [1.807, 2.05) is 34.8 Å².